The van der Waals surface area contributed by atoms with Crippen molar-refractivity contribution < 1.29 is 9.59 Å². The first-order valence-electron chi connectivity index (χ1n) is 6.27. The van der Waals surface area contributed by atoms with E-state index in [2.05, 4.69) is 21.2 Å². The molecular weight excluding hydrogens is 294 g/mol. The van der Waals surface area contributed by atoms with Gasteiger partial charge in [0.15, 0.2) is 11.6 Å². The van der Waals surface area contributed by atoms with Crippen LogP contribution in [0.2, 0.25) is 0 Å². The summed E-state index contributed by atoms with van der Waals surface area (Å²) in [5, 5.41) is 3.14. The van der Waals surface area contributed by atoms with Crippen molar-refractivity contribution in [2.75, 3.05) is 11.9 Å². The molecule has 0 bridgehead atoms. The van der Waals surface area contributed by atoms with E-state index in [4.69, 9.17) is 0 Å². The van der Waals surface area contributed by atoms with Crippen molar-refractivity contribution in [1.29, 1.82) is 0 Å². The van der Waals surface area contributed by atoms with Gasteiger partial charge in [-0.2, -0.15) is 0 Å². The molecule has 1 aromatic rings. The van der Waals surface area contributed by atoms with Crippen LogP contribution in [0.25, 0.3) is 0 Å². The number of Topliss-reactive ketones (excluding diaryl/α,β-unsaturated/α-hetero) is 2. The molecule has 94 valence electrons. The molecule has 1 fully saturated rings. The predicted octanol–water partition coefficient (Wildman–Crippen LogP) is 2.97. The zero-order valence-electron chi connectivity index (χ0n) is 9.96. The van der Waals surface area contributed by atoms with Crippen LogP contribution in [-0.2, 0) is 11.2 Å². The van der Waals surface area contributed by atoms with Gasteiger partial charge in [-0.3, -0.25) is 9.59 Å². The average Bonchev–Trinajstić information content (AvgIpc) is 3.13. The van der Waals surface area contributed by atoms with Crippen LogP contribution in [-0.4, -0.2) is 18.1 Å². The van der Waals surface area contributed by atoms with Crippen molar-refractivity contribution in [3.05, 3.63) is 27.7 Å². The van der Waals surface area contributed by atoms with E-state index in [1.165, 1.54) is 0 Å². The molecule has 0 saturated heterocycles. The Labute approximate surface area is 114 Å². The molecule has 2 aliphatic rings. The minimum atomic E-state index is 0.203. The number of rotatable bonds is 4. The van der Waals surface area contributed by atoms with Gasteiger partial charge in [-0.1, -0.05) is 0 Å². The first kappa shape index (κ1) is 11.9. The molecule has 0 heterocycles. The van der Waals surface area contributed by atoms with Gasteiger partial charge in [-0.15, -0.1) is 0 Å². The minimum absolute atomic E-state index is 0.203. The SMILES string of the molecule is O=C1CCc2cc(Br)c(NCC(=O)C3CC3)cc21. The van der Waals surface area contributed by atoms with Crippen LogP contribution in [0.1, 0.15) is 35.2 Å². The summed E-state index contributed by atoms with van der Waals surface area (Å²) in [6.45, 7) is 0.357. The average molecular weight is 308 g/mol. The summed E-state index contributed by atoms with van der Waals surface area (Å²) >= 11 is 3.49. The van der Waals surface area contributed by atoms with Crippen molar-refractivity contribution in [2.45, 2.75) is 25.7 Å². The van der Waals surface area contributed by atoms with Gasteiger partial charge in [-0.05, 0) is 52.9 Å². The van der Waals surface area contributed by atoms with Crippen LogP contribution < -0.4 is 5.32 Å². The number of halogens is 1. The quantitative estimate of drug-likeness (QED) is 0.930. The Balaban J connectivity index is 1.77. The molecule has 1 N–H and O–H groups in total. The van der Waals surface area contributed by atoms with Gasteiger partial charge in [0, 0.05) is 28.1 Å². The van der Waals surface area contributed by atoms with Crippen molar-refractivity contribution in [2.24, 2.45) is 5.92 Å². The largest absolute Gasteiger partial charge is 0.377 e. The summed E-state index contributed by atoms with van der Waals surface area (Å²) < 4.78 is 0.930. The summed E-state index contributed by atoms with van der Waals surface area (Å²) in [6.07, 6.45) is 3.50. The molecule has 0 aliphatic heterocycles. The van der Waals surface area contributed by atoms with Crippen LogP contribution in [0.4, 0.5) is 5.69 Å². The molecule has 1 saturated carbocycles. The fourth-order valence-corrected chi connectivity index (χ4v) is 2.86. The van der Waals surface area contributed by atoms with Gasteiger partial charge in [0.25, 0.3) is 0 Å². The number of hydrogen-bond donors (Lipinski definition) is 1. The molecule has 4 heteroatoms. The third-order valence-corrected chi connectivity index (χ3v) is 4.26. The van der Waals surface area contributed by atoms with E-state index in [9.17, 15) is 9.59 Å². The Bertz CT molecular complexity index is 535. The molecule has 0 amide bonds. The Kier molecular flexibility index (Phi) is 2.98. The molecule has 0 atom stereocenters. The van der Waals surface area contributed by atoms with E-state index >= 15 is 0 Å². The molecule has 2 aliphatic carbocycles. The number of carbonyl (C=O) groups excluding carboxylic acids is 2. The molecule has 18 heavy (non-hydrogen) atoms. The highest BCUT2D eigenvalue weighted by molar-refractivity contribution is 9.10. The summed E-state index contributed by atoms with van der Waals surface area (Å²) in [6, 6.07) is 3.86. The third kappa shape index (κ3) is 2.21. The first-order valence-corrected chi connectivity index (χ1v) is 7.06. The lowest BCUT2D eigenvalue weighted by atomic mass is 10.1. The minimum Gasteiger partial charge on any atom is -0.377 e. The molecule has 1 aromatic carbocycles. The lowest BCUT2D eigenvalue weighted by Gasteiger charge is -2.10. The molecule has 0 spiro atoms. The van der Waals surface area contributed by atoms with Crippen LogP contribution in [0.3, 0.4) is 0 Å². The van der Waals surface area contributed by atoms with Gasteiger partial charge >= 0.3 is 0 Å². The number of nitrogens with one attached hydrogen (secondary N) is 1. The fraction of sp³-hybridized carbons (Fsp3) is 0.429. The number of carbonyl (C=O) groups is 2. The molecule has 3 rings (SSSR count). The van der Waals surface area contributed by atoms with E-state index in [1.807, 2.05) is 12.1 Å². The van der Waals surface area contributed by atoms with Crippen LogP contribution in [0.5, 0.6) is 0 Å². The van der Waals surface area contributed by atoms with Crippen molar-refractivity contribution in [1.82, 2.24) is 0 Å². The van der Waals surface area contributed by atoms with Crippen LogP contribution in [0.15, 0.2) is 16.6 Å². The van der Waals surface area contributed by atoms with Gasteiger partial charge < -0.3 is 5.32 Å². The van der Waals surface area contributed by atoms with E-state index in [1.54, 1.807) is 0 Å². The molecule has 3 nitrogen and oxygen atoms in total. The third-order valence-electron chi connectivity index (χ3n) is 3.60. The van der Waals surface area contributed by atoms with Crippen molar-refractivity contribution >= 4 is 33.2 Å². The van der Waals surface area contributed by atoms with E-state index in [0.717, 1.165) is 40.5 Å². The van der Waals surface area contributed by atoms with E-state index in [-0.39, 0.29) is 17.5 Å². The Hall–Kier alpha value is -1.16. The highest BCUT2D eigenvalue weighted by Crippen LogP contribution is 2.33. The van der Waals surface area contributed by atoms with Crippen molar-refractivity contribution in [3.63, 3.8) is 0 Å². The summed E-state index contributed by atoms with van der Waals surface area (Å²) in [7, 11) is 0. The maximum absolute atomic E-state index is 11.7. The summed E-state index contributed by atoms with van der Waals surface area (Å²) in [5.74, 6) is 0.745. The maximum atomic E-state index is 11.7. The lowest BCUT2D eigenvalue weighted by Crippen LogP contribution is -2.15. The Morgan fingerprint density at radius 3 is 2.83 bits per heavy atom. The maximum Gasteiger partial charge on any atom is 0.163 e. The van der Waals surface area contributed by atoms with Crippen LogP contribution >= 0.6 is 15.9 Å². The van der Waals surface area contributed by atoms with Gasteiger partial charge in [0.1, 0.15) is 0 Å². The fourth-order valence-electron chi connectivity index (χ4n) is 2.33. The van der Waals surface area contributed by atoms with Gasteiger partial charge in [0.2, 0.25) is 0 Å². The number of benzene rings is 1. The van der Waals surface area contributed by atoms with Gasteiger partial charge in [-0.25, -0.2) is 0 Å². The zero-order valence-corrected chi connectivity index (χ0v) is 11.5. The molecule has 0 radical (unpaired) electrons. The Morgan fingerprint density at radius 2 is 2.11 bits per heavy atom. The number of aryl methyl sites for hydroxylation is 1. The van der Waals surface area contributed by atoms with Crippen molar-refractivity contribution in [3.8, 4) is 0 Å². The first-order chi connectivity index (χ1) is 8.65. The predicted molar refractivity (Wildman–Crippen MR) is 73.0 cm³/mol. The Morgan fingerprint density at radius 1 is 1.33 bits per heavy atom. The lowest BCUT2D eigenvalue weighted by molar-refractivity contribution is -0.118. The molecular formula is C14H14BrNO2. The number of fused-ring (bicyclic) bond motifs is 1. The van der Waals surface area contributed by atoms with E-state index < -0.39 is 0 Å². The molecule has 0 aromatic heterocycles. The molecule has 0 unspecified atom stereocenters. The smallest absolute Gasteiger partial charge is 0.163 e. The highest BCUT2D eigenvalue weighted by Gasteiger charge is 2.29. The zero-order chi connectivity index (χ0) is 12.7. The number of anilines is 1. The van der Waals surface area contributed by atoms with Crippen LogP contribution in [0, 0.1) is 5.92 Å². The monoisotopic (exact) mass is 307 g/mol. The normalized spacial score (nSPS) is 17.7. The summed E-state index contributed by atoms with van der Waals surface area (Å²) in [5.41, 5.74) is 2.75. The second-order valence-electron chi connectivity index (χ2n) is 5.01. The number of ketones is 2. The highest BCUT2D eigenvalue weighted by atomic mass is 79.9. The van der Waals surface area contributed by atoms with Gasteiger partial charge in [0.05, 0.1) is 6.54 Å². The second-order valence-corrected chi connectivity index (χ2v) is 5.86. The topological polar surface area (TPSA) is 46.2 Å². The standard InChI is InChI=1S/C14H14BrNO2/c15-11-5-9-3-4-13(17)10(9)6-12(11)16-7-14(18)8-1-2-8/h5-6,8,16H,1-4,7H2. The van der Waals surface area contributed by atoms with E-state index in [0.29, 0.717) is 13.0 Å². The number of hydrogen-bond acceptors (Lipinski definition) is 3. The second kappa shape index (κ2) is 4.50. The summed E-state index contributed by atoms with van der Waals surface area (Å²) in [4.78, 5) is 23.3.